The highest BCUT2D eigenvalue weighted by atomic mass is 16.5. The molecule has 1 heterocycles. The lowest BCUT2D eigenvalue weighted by molar-refractivity contribution is 0.345. The summed E-state index contributed by atoms with van der Waals surface area (Å²) in [6.45, 7) is 5.91. The highest BCUT2D eigenvalue weighted by Crippen LogP contribution is 2.18. The smallest absolute Gasteiger partial charge is 0.339 e. The first-order valence-electron chi connectivity index (χ1n) is 5.31. The molecular formula is C12H17NO3. The van der Waals surface area contributed by atoms with Gasteiger partial charge >= 0.3 is 5.63 Å². The zero-order chi connectivity index (χ0) is 12.0. The zero-order valence-electron chi connectivity index (χ0n) is 9.44. The Bertz CT molecular complexity index is 397. The summed E-state index contributed by atoms with van der Waals surface area (Å²) in [7, 11) is 0. The summed E-state index contributed by atoms with van der Waals surface area (Å²) < 4.78 is 10.3. The molecule has 1 aromatic heterocycles. The average Bonchev–Trinajstić information content (AvgIpc) is 2.26. The molecule has 0 aromatic carbocycles. The van der Waals surface area contributed by atoms with Crippen LogP contribution in [0.2, 0.25) is 0 Å². The van der Waals surface area contributed by atoms with Crippen molar-refractivity contribution in [1.82, 2.24) is 0 Å². The molecule has 0 spiro atoms. The minimum atomic E-state index is -0.442. The van der Waals surface area contributed by atoms with E-state index in [1.165, 1.54) is 6.07 Å². The van der Waals surface area contributed by atoms with Crippen LogP contribution in [0.5, 0.6) is 5.75 Å². The Morgan fingerprint density at radius 2 is 2.38 bits per heavy atom. The third-order valence-electron chi connectivity index (χ3n) is 2.10. The van der Waals surface area contributed by atoms with Gasteiger partial charge in [-0.3, -0.25) is 0 Å². The molecule has 0 unspecified atom stereocenters. The van der Waals surface area contributed by atoms with E-state index in [1.807, 2.05) is 6.92 Å². The molecule has 4 heteroatoms. The molecule has 16 heavy (non-hydrogen) atoms. The van der Waals surface area contributed by atoms with Crippen molar-refractivity contribution >= 4 is 0 Å². The van der Waals surface area contributed by atoms with Gasteiger partial charge in [-0.15, -0.1) is 0 Å². The van der Waals surface area contributed by atoms with Crippen molar-refractivity contribution in [3.8, 4) is 5.75 Å². The average molecular weight is 223 g/mol. The van der Waals surface area contributed by atoms with Crippen molar-refractivity contribution < 1.29 is 9.15 Å². The Morgan fingerprint density at radius 1 is 1.62 bits per heavy atom. The van der Waals surface area contributed by atoms with Crippen molar-refractivity contribution in [2.24, 2.45) is 5.73 Å². The van der Waals surface area contributed by atoms with Gasteiger partial charge in [0, 0.05) is 6.07 Å². The lowest BCUT2D eigenvalue weighted by atomic mass is 10.1. The molecule has 0 aliphatic rings. The van der Waals surface area contributed by atoms with Crippen LogP contribution in [0.15, 0.2) is 34.0 Å². The fourth-order valence-electron chi connectivity index (χ4n) is 1.35. The third-order valence-corrected chi connectivity index (χ3v) is 2.10. The van der Waals surface area contributed by atoms with Crippen LogP contribution in [0.4, 0.5) is 0 Å². The van der Waals surface area contributed by atoms with E-state index in [-0.39, 0.29) is 6.04 Å². The molecule has 0 bridgehead atoms. The molecule has 0 saturated heterocycles. The fraction of sp³-hybridized carbons (Fsp3) is 0.417. The van der Waals surface area contributed by atoms with E-state index in [9.17, 15) is 4.79 Å². The van der Waals surface area contributed by atoms with Crippen LogP contribution in [0.3, 0.4) is 0 Å². The van der Waals surface area contributed by atoms with Gasteiger partial charge in [0.25, 0.3) is 0 Å². The van der Waals surface area contributed by atoms with Crippen LogP contribution in [0.1, 0.15) is 31.6 Å². The Balaban J connectivity index is 2.88. The normalized spacial score (nSPS) is 12.1. The van der Waals surface area contributed by atoms with Gasteiger partial charge in [-0.05, 0) is 6.42 Å². The van der Waals surface area contributed by atoms with Crippen molar-refractivity contribution in [2.75, 3.05) is 6.61 Å². The second-order valence-electron chi connectivity index (χ2n) is 3.51. The predicted octanol–water partition coefficient (Wildman–Crippen LogP) is 2.00. The van der Waals surface area contributed by atoms with Crippen LogP contribution in [-0.2, 0) is 0 Å². The highest BCUT2D eigenvalue weighted by molar-refractivity contribution is 5.22. The molecule has 0 fully saturated rings. The Hall–Kier alpha value is -1.55. The highest BCUT2D eigenvalue weighted by Gasteiger charge is 2.10. The predicted molar refractivity (Wildman–Crippen MR) is 62.5 cm³/mol. The van der Waals surface area contributed by atoms with Crippen LogP contribution in [0, 0.1) is 0 Å². The quantitative estimate of drug-likeness (QED) is 0.749. The van der Waals surface area contributed by atoms with Crippen molar-refractivity contribution in [1.29, 1.82) is 0 Å². The van der Waals surface area contributed by atoms with E-state index in [1.54, 1.807) is 12.1 Å². The zero-order valence-corrected chi connectivity index (χ0v) is 9.44. The monoisotopic (exact) mass is 223 g/mol. The lowest BCUT2D eigenvalue weighted by Gasteiger charge is -2.10. The molecule has 4 nitrogen and oxygen atoms in total. The molecule has 1 aromatic rings. The van der Waals surface area contributed by atoms with Crippen LogP contribution >= 0.6 is 0 Å². The minimum Gasteiger partial charge on any atom is -0.489 e. The van der Waals surface area contributed by atoms with Gasteiger partial charge in [-0.1, -0.05) is 26.0 Å². The fourth-order valence-corrected chi connectivity index (χ4v) is 1.35. The number of hydrogen-bond donors (Lipinski definition) is 1. The molecule has 0 radical (unpaired) electrons. The standard InChI is InChI=1S/C12H17NO3/c1-3-5-10(13)11-7-9(15-6-4-2)8-12(14)16-11/h4,7-8,10H,2-3,5-6,13H2,1H3/t10-/m1/s1. The summed E-state index contributed by atoms with van der Waals surface area (Å²) in [6, 6.07) is 2.70. The van der Waals surface area contributed by atoms with Gasteiger partial charge in [0.05, 0.1) is 12.1 Å². The Labute approximate surface area is 94.7 Å². The summed E-state index contributed by atoms with van der Waals surface area (Å²) in [4.78, 5) is 11.3. The van der Waals surface area contributed by atoms with Gasteiger partial charge in [0.1, 0.15) is 18.1 Å². The second-order valence-corrected chi connectivity index (χ2v) is 3.51. The topological polar surface area (TPSA) is 65.5 Å². The summed E-state index contributed by atoms with van der Waals surface area (Å²) >= 11 is 0. The minimum absolute atomic E-state index is 0.259. The van der Waals surface area contributed by atoms with Crippen molar-refractivity contribution in [2.45, 2.75) is 25.8 Å². The largest absolute Gasteiger partial charge is 0.489 e. The van der Waals surface area contributed by atoms with E-state index in [0.717, 1.165) is 12.8 Å². The van der Waals surface area contributed by atoms with Gasteiger partial charge in [-0.25, -0.2) is 4.79 Å². The van der Waals surface area contributed by atoms with E-state index in [0.29, 0.717) is 18.1 Å². The second kappa shape index (κ2) is 6.12. The van der Waals surface area contributed by atoms with E-state index in [2.05, 4.69) is 6.58 Å². The van der Waals surface area contributed by atoms with Gasteiger partial charge in [0.2, 0.25) is 0 Å². The number of hydrogen-bond acceptors (Lipinski definition) is 4. The molecule has 88 valence electrons. The first-order chi connectivity index (χ1) is 7.67. The van der Waals surface area contributed by atoms with E-state index >= 15 is 0 Å². The molecule has 2 N–H and O–H groups in total. The van der Waals surface area contributed by atoms with Crippen LogP contribution in [0.25, 0.3) is 0 Å². The number of rotatable bonds is 6. The lowest BCUT2D eigenvalue weighted by Crippen LogP contribution is -2.13. The first kappa shape index (κ1) is 12.5. The SMILES string of the molecule is C=CCOc1cc([C@H](N)CCC)oc(=O)c1. The molecule has 1 atom stereocenters. The summed E-state index contributed by atoms with van der Waals surface area (Å²) in [5, 5.41) is 0. The van der Waals surface area contributed by atoms with Crippen molar-refractivity contribution in [3.63, 3.8) is 0 Å². The van der Waals surface area contributed by atoms with E-state index in [4.69, 9.17) is 14.9 Å². The molecule has 0 aliphatic carbocycles. The maximum absolute atomic E-state index is 11.3. The first-order valence-corrected chi connectivity index (χ1v) is 5.31. The Kier molecular flexibility index (Phi) is 4.79. The maximum Gasteiger partial charge on any atom is 0.339 e. The molecule has 1 rings (SSSR count). The van der Waals surface area contributed by atoms with Gasteiger partial charge < -0.3 is 14.9 Å². The third kappa shape index (κ3) is 3.55. The number of ether oxygens (including phenoxy) is 1. The maximum atomic E-state index is 11.3. The molecular weight excluding hydrogens is 206 g/mol. The van der Waals surface area contributed by atoms with Crippen molar-refractivity contribution in [3.05, 3.63) is 41.0 Å². The summed E-state index contributed by atoms with van der Waals surface area (Å²) in [6.07, 6.45) is 3.32. The van der Waals surface area contributed by atoms with Crippen LogP contribution in [-0.4, -0.2) is 6.61 Å². The summed E-state index contributed by atoms with van der Waals surface area (Å²) in [5.74, 6) is 0.936. The van der Waals surface area contributed by atoms with Gasteiger partial charge in [-0.2, -0.15) is 0 Å². The molecule has 0 saturated carbocycles. The van der Waals surface area contributed by atoms with E-state index < -0.39 is 5.63 Å². The molecule has 0 aliphatic heterocycles. The Morgan fingerprint density at radius 3 is 3.00 bits per heavy atom. The van der Waals surface area contributed by atoms with Crippen LogP contribution < -0.4 is 16.1 Å². The summed E-state index contributed by atoms with van der Waals surface area (Å²) in [5.41, 5.74) is 5.42. The number of nitrogens with two attached hydrogens (primary N) is 1. The van der Waals surface area contributed by atoms with Gasteiger partial charge in [0.15, 0.2) is 0 Å². The molecule has 0 amide bonds.